The summed E-state index contributed by atoms with van der Waals surface area (Å²) in [6, 6.07) is 9.24. The quantitative estimate of drug-likeness (QED) is 0.325. The number of rotatable bonds is 8. The van der Waals surface area contributed by atoms with Crippen LogP contribution in [0.4, 0.5) is 8.78 Å². The first kappa shape index (κ1) is 23.9. The third-order valence-corrected chi connectivity index (χ3v) is 3.91. The molecule has 2 rings (SSSR count). The summed E-state index contributed by atoms with van der Waals surface area (Å²) < 4.78 is 37.2. The standard InChI is InChI=1S/C20H25F2N3O2.HI/c1-4-23-20(24-10-9-15-6-7-16(21)12-17(15)22)25-13-14-5-8-18(26-2)19(11-14)27-3;/h5-8,11-12H,4,9-10,13H2,1-3H3,(H2,23,24,25);1H. The summed E-state index contributed by atoms with van der Waals surface area (Å²) in [5.41, 5.74) is 1.43. The predicted molar refractivity (Wildman–Crippen MR) is 118 cm³/mol. The topological polar surface area (TPSA) is 54.9 Å². The maximum absolute atomic E-state index is 13.7. The number of hydrogen-bond donors (Lipinski definition) is 2. The first-order valence-corrected chi connectivity index (χ1v) is 8.74. The van der Waals surface area contributed by atoms with E-state index in [9.17, 15) is 8.78 Å². The molecule has 5 nitrogen and oxygen atoms in total. The highest BCUT2D eigenvalue weighted by atomic mass is 127. The Morgan fingerprint density at radius 1 is 1.00 bits per heavy atom. The lowest BCUT2D eigenvalue weighted by molar-refractivity contribution is 0.354. The number of hydrogen-bond acceptors (Lipinski definition) is 3. The van der Waals surface area contributed by atoms with Crippen LogP contribution in [0.15, 0.2) is 41.4 Å². The number of nitrogens with zero attached hydrogens (tertiary/aromatic N) is 1. The predicted octanol–water partition coefficient (Wildman–Crippen LogP) is 3.90. The van der Waals surface area contributed by atoms with Crippen molar-refractivity contribution in [1.82, 2.24) is 10.6 Å². The van der Waals surface area contributed by atoms with Crippen LogP contribution in [0.3, 0.4) is 0 Å². The maximum Gasteiger partial charge on any atom is 0.191 e. The molecule has 0 unspecified atom stereocenters. The molecule has 0 atom stereocenters. The second-order valence-electron chi connectivity index (χ2n) is 5.80. The van der Waals surface area contributed by atoms with Gasteiger partial charge in [0.2, 0.25) is 0 Å². The van der Waals surface area contributed by atoms with Crippen molar-refractivity contribution in [2.24, 2.45) is 4.99 Å². The fourth-order valence-electron chi connectivity index (χ4n) is 2.53. The molecule has 28 heavy (non-hydrogen) atoms. The number of halogens is 3. The molecule has 0 aliphatic heterocycles. The van der Waals surface area contributed by atoms with E-state index in [-0.39, 0.29) is 24.0 Å². The van der Waals surface area contributed by atoms with Gasteiger partial charge in [-0.3, -0.25) is 0 Å². The molecule has 2 aromatic rings. The fourth-order valence-corrected chi connectivity index (χ4v) is 2.53. The average molecular weight is 505 g/mol. The highest BCUT2D eigenvalue weighted by molar-refractivity contribution is 14.0. The van der Waals surface area contributed by atoms with Crippen LogP contribution in [-0.2, 0) is 13.0 Å². The van der Waals surface area contributed by atoms with Crippen molar-refractivity contribution in [1.29, 1.82) is 0 Å². The number of methoxy groups -OCH3 is 2. The molecule has 0 fully saturated rings. The van der Waals surface area contributed by atoms with Gasteiger partial charge in [0.25, 0.3) is 0 Å². The first-order chi connectivity index (χ1) is 13.1. The van der Waals surface area contributed by atoms with Crippen molar-refractivity contribution in [2.45, 2.75) is 19.9 Å². The van der Waals surface area contributed by atoms with E-state index in [1.807, 2.05) is 25.1 Å². The zero-order chi connectivity index (χ0) is 19.6. The molecular formula is C20H26F2IN3O2. The van der Waals surface area contributed by atoms with E-state index in [0.717, 1.165) is 11.6 Å². The van der Waals surface area contributed by atoms with E-state index < -0.39 is 11.6 Å². The van der Waals surface area contributed by atoms with Crippen molar-refractivity contribution in [3.8, 4) is 11.5 Å². The molecule has 0 spiro atoms. The number of ether oxygens (including phenoxy) is 2. The molecular weight excluding hydrogens is 479 g/mol. The summed E-state index contributed by atoms with van der Waals surface area (Å²) in [4.78, 5) is 4.53. The van der Waals surface area contributed by atoms with Gasteiger partial charge in [-0.05, 0) is 42.7 Å². The van der Waals surface area contributed by atoms with Crippen LogP contribution >= 0.6 is 24.0 Å². The normalized spacial score (nSPS) is 10.8. The molecule has 2 aromatic carbocycles. The van der Waals surface area contributed by atoms with Crippen LogP contribution in [0.1, 0.15) is 18.1 Å². The molecule has 0 aliphatic carbocycles. The molecule has 8 heteroatoms. The highest BCUT2D eigenvalue weighted by Gasteiger charge is 2.06. The zero-order valence-corrected chi connectivity index (χ0v) is 18.6. The molecule has 2 N–H and O–H groups in total. The minimum absolute atomic E-state index is 0. The monoisotopic (exact) mass is 505 g/mol. The molecule has 154 valence electrons. The summed E-state index contributed by atoms with van der Waals surface area (Å²) in [7, 11) is 3.18. The Morgan fingerprint density at radius 3 is 2.39 bits per heavy atom. The Kier molecular flexibility index (Phi) is 10.6. The van der Waals surface area contributed by atoms with Crippen LogP contribution in [0, 0.1) is 11.6 Å². The van der Waals surface area contributed by atoms with Gasteiger partial charge in [-0.2, -0.15) is 0 Å². The van der Waals surface area contributed by atoms with Crippen LogP contribution in [0.5, 0.6) is 11.5 Å². The number of nitrogens with one attached hydrogen (secondary N) is 2. The highest BCUT2D eigenvalue weighted by Crippen LogP contribution is 2.27. The number of aliphatic imine (C=N–C) groups is 1. The maximum atomic E-state index is 13.7. The minimum atomic E-state index is -0.575. The van der Waals surface area contributed by atoms with E-state index in [1.54, 1.807) is 14.2 Å². The van der Waals surface area contributed by atoms with Gasteiger partial charge in [0.1, 0.15) is 11.6 Å². The molecule has 0 aromatic heterocycles. The summed E-state index contributed by atoms with van der Waals surface area (Å²) in [5, 5.41) is 6.30. The van der Waals surface area contributed by atoms with Gasteiger partial charge >= 0.3 is 0 Å². The van der Waals surface area contributed by atoms with Crippen molar-refractivity contribution in [3.05, 3.63) is 59.2 Å². The largest absolute Gasteiger partial charge is 0.493 e. The Bertz CT molecular complexity index is 788. The summed E-state index contributed by atoms with van der Waals surface area (Å²) >= 11 is 0. The lowest BCUT2D eigenvalue weighted by Crippen LogP contribution is -2.38. The van der Waals surface area contributed by atoms with Gasteiger partial charge in [-0.25, -0.2) is 13.8 Å². The molecule has 0 saturated carbocycles. The van der Waals surface area contributed by atoms with Crippen LogP contribution in [-0.4, -0.2) is 33.3 Å². The van der Waals surface area contributed by atoms with Crippen molar-refractivity contribution >= 4 is 29.9 Å². The van der Waals surface area contributed by atoms with Gasteiger partial charge in [-0.15, -0.1) is 24.0 Å². The third kappa shape index (κ3) is 7.14. The third-order valence-electron chi connectivity index (χ3n) is 3.91. The van der Waals surface area contributed by atoms with Crippen molar-refractivity contribution in [3.63, 3.8) is 0 Å². The summed E-state index contributed by atoms with van der Waals surface area (Å²) in [5.74, 6) is 0.819. The molecule has 0 aliphatic rings. The van der Waals surface area contributed by atoms with E-state index in [4.69, 9.17) is 9.47 Å². The molecule has 0 radical (unpaired) electrons. The van der Waals surface area contributed by atoms with Crippen LogP contribution in [0.25, 0.3) is 0 Å². The van der Waals surface area contributed by atoms with Gasteiger partial charge < -0.3 is 20.1 Å². The van der Waals surface area contributed by atoms with E-state index in [1.165, 1.54) is 12.1 Å². The van der Waals surface area contributed by atoms with Gasteiger partial charge in [0, 0.05) is 19.2 Å². The number of guanidine groups is 1. The van der Waals surface area contributed by atoms with Crippen LogP contribution < -0.4 is 20.1 Å². The second kappa shape index (κ2) is 12.4. The number of benzene rings is 2. The zero-order valence-electron chi connectivity index (χ0n) is 16.2. The second-order valence-corrected chi connectivity index (χ2v) is 5.80. The van der Waals surface area contributed by atoms with Gasteiger partial charge in [-0.1, -0.05) is 12.1 Å². The molecule has 0 bridgehead atoms. The molecule has 0 amide bonds. The Hall–Kier alpha value is -2.10. The van der Waals surface area contributed by atoms with E-state index >= 15 is 0 Å². The Balaban J connectivity index is 0.00000392. The molecule has 0 heterocycles. The Labute approximate surface area is 181 Å². The van der Waals surface area contributed by atoms with Gasteiger partial charge in [0.05, 0.1) is 20.8 Å². The fraction of sp³-hybridized carbons (Fsp3) is 0.350. The summed E-state index contributed by atoms with van der Waals surface area (Å²) in [6.07, 6.45) is 0.423. The minimum Gasteiger partial charge on any atom is -0.493 e. The smallest absolute Gasteiger partial charge is 0.191 e. The van der Waals surface area contributed by atoms with E-state index in [0.29, 0.717) is 49.1 Å². The SMILES string of the molecule is CCNC(=NCc1ccc(OC)c(OC)c1)NCCc1ccc(F)cc1F.I. The lowest BCUT2D eigenvalue weighted by Gasteiger charge is -2.12. The summed E-state index contributed by atoms with van der Waals surface area (Å²) in [6.45, 7) is 3.58. The van der Waals surface area contributed by atoms with Crippen molar-refractivity contribution < 1.29 is 18.3 Å². The van der Waals surface area contributed by atoms with Crippen molar-refractivity contribution in [2.75, 3.05) is 27.3 Å². The van der Waals surface area contributed by atoms with Crippen LogP contribution in [0.2, 0.25) is 0 Å². The Morgan fingerprint density at radius 2 is 1.75 bits per heavy atom. The van der Waals surface area contributed by atoms with Gasteiger partial charge in [0.15, 0.2) is 17.5 Å². The first-order valence-electron chi connectivity index (χ1n) is 8.74. The lowest BCUT2D eigenvalue weighted by atomic mass is 10.1. The van der Waals surface area contributed by atoms with E-state index in [2.05, 4.69) is 15.6 Å². The molecule has 0 saturated heterocycles. The average Bonchev–Trinajstić information content (AvgIpc) is 2.67.